The van der Waals surface area contributed by atoms with E-state index < -0.39 is 0 Å². The summed E-state index contributed by atoms with van der Waals surface area (Å²) in [5.41, 5.74) is -0.0688. The number of nitrogens with one attached hydrogen (secondary N) is 1. The molecule has 2 fully saturated rings. The monoisotopic (exact) mass is 359 g/mol. The van der Waals surface area contributed by atoms with Gasteiger partial charge in [-0.2, -0.15) is 0 Å². The molecule has 1 aromatic rings. The van der Waals surface area contributed by atoms with E-state index in [1.54, 1.807) is 0 Å². The molecule has 0 unspecified atom stereocenters. The van der Waals surface area contributed by atoms with Crippen LogP contribution in [0.5, 0.6) is 0 Å². The van der Waals surface area contributed by atoms with Crippen molar-refractivity contribution in [1.82, 2.24) is 25.0 Å². The maximum Gasteiger partial charge on any atom is 0.228 e. The Bertz CT molecular complexity index is 639. The molecule has 26 heavy (non-hydrogen) atoms. The summed E-state index contributed by atoms with van der Waals surface area (Å²) in [5.74, 6) is 3.68. The highest BCUT2D eigenvalue weighted by Crippen LogP contribution is 2.45. The number of fused-ring (bicyclic) bond motifs is 1. The lowest BCUT2D eigenvalue weighted by molar-refractivity contribution is -0.144. The Morgan fingerprint density at radius 2 is 1.92 bits per heavy atom. The maximum absolute atomic E-state index is 13.4. The Labute approximate surface area is 156 Å². The van der Waals surface area contributed by atoms with Crippen molar-refractivity contribution >= 4 is 5.91 Å². The second-order valence-corrected chi connectivity index (χ2v) is 8.95. The molecule has 0 atom stereocenters. The fourth-order valence-electron chi connectivity index (χ4n) is 5.43. The number of hydrogen-bond acceptors (Lipinski definition) is 4. The SMILES string of the molecule is CC(C)CC1(C(=O)N2CCC(c3nnc4n3CCNC4)CC2)CCCC1. The Kier molecular flexibility index (Phi) is 5.04. The van der Waals surface area contributed by atoms with E-state index in [1.807, 2.05) is 0 Å². The van der Waals surface area contributed by atoms with E-state index in [0.717, 1.165) is 76.5 Å². The summed E-state index contributed by atoms with van der Waals surface area (Å²) in [6.45, 7) is 9.04. The van der Waals surface area contributed by atoms with Gasteiger partial charge in [-0.05, 0) is 38.0 Å². The molecule has 0 spiro atoms. The largest absolute Gasteiger partial charge is 0.342 e. The van der Waals surface area contributed by atoms with Gasteiger partial charge in [0.25, 0.3) is 0 Å². The molecule has 1 saturated heterocycles. The molecule has 0 bridgehead atoms. The minimum absolute atomic E-state index is 0.0688. The van der Waals surface area contributed by atoms with Crippen molar-refractivity contribution in [2.24, 2.45) is 11.3 Å². The molecule has 6 heteroatoms. The van der Waals surface area contributed by atoms with Crippen LogP contribution in [0.25, 0.3) is 0 Å². The first kappa shape index (κ1) is 18.0. The number of hydrogen-bond donors (Lipinski definition) is 1. The van der Waals surface area contributed by atoms with Gasteiger partial charge in [-0.3, -0.25) is 4.79 Å². The lowest BCUT2D eigenvalue weighted by Crippen LogP contribution is -2.47. The number of carbonyl (C=O) groups is 1. The second-order valence-electron chi connectivity index (χ2n) is 8.95. The minimum atomic E-state index is -0.0688. The van der Waals surface area contributed by atoms with Crippen LogP contribution in [0, 0.1) is 11.3 Å². The lowest BCUT2D eigenvalue weighted by Gasteiger charge is -2.39. The number of amides is 1. The summed E-state index contributed by atoms with van der Waals surface area (Å²) in [6.07, 6.45) is 7.72. The third-order valence-corrected chi connectivity index (χ3v) is 6.61. The quantitative estimate of drug-likeness (QED) is 0.898. The number of likely N-dealkylation sites (tertiary alicyclic amines) is 1. The van der Waals surface area contributed by atoms with Crippen LogP contribution in [0.2, 0.25) is 0 Å². The summed E-state index contributed by atoms with van der Waals surface area (Å²) in [6, 6.07) is 0. The average Bonchev–Trinajstić information content (AvgIpc) is 3.28. The fraction of sp³-hybridized carbons (Fsp3) is 0.850. The highest BCUT2D eigenvalue weighted by Gasteiger charge is 2.44. The third kappa shape index (κ3) is 3.28. The van der Waals surface area contributed by atoms with Crippen molar-refractivity contribution in [3.63, 3.8) is 0 Å². The van der Waals surface area contributed by atoms with E-state index in [-0.39, 0.29) is 5.41 Å². The summed E-state index contributed by atoms with van der Waals surface area (Å²) in [4.78, 5) is 15.5. The maximum atomic E-state index is 13.4. The first-order chi connectivity index (χ1) is 12.6. The van der Waals surface area contributed by atoms with Crippen molar-refractivity contribution in [1.29, 1.82) is 0 Å². The fourth-order valence-corrected chi connectivity index (χ4v) is 5.43. The van der Waals surface area contributed by atoms with Crippen molar-refractivity contribution in [2.45, 2.75) is 77.8 Å². The third-order valence-electron chi connectivity index (χ3n) is 6.61. The second kappa shape index (κ2) is 7.29. The molecule has 1 aliphatic carbocycles. The first-order valence-electron chi connectivity index (χ1n) is 10.5. The molecular weight excluding hydrogens is 326 g/mol. The average molecular weight is 360 g/mol. The minimum Gasteiger partial charge on any atom is -0.342 e. The normalized spacial score (nSPS) is 23.4. The van der Waals surface area contributed by atoms with Gasteiger partial charge in [-0.1, -0.05) is 26.7 Å². The van der Waals surface area contributed by atoms with E-state index in [1.165, 1.54) is 12.8 Å². The lowest BCUT2D eigenvalue weighted by atomic mass is 9.76. The molecule has 1 N–H and O–H groups in total. The highest BCUT2D eigenvalue weighted by molar-refractivity contribution is 5.83. The van der Waals surface area contributed by atoms with Crippen LogP contribution in [0.4, 0.5) is 0 Å². The van der Waals surface area contributed by atoms with Gasteiger partial charge in [-0.25, -0.2) is 0 Å². The molecule has 0 radical (unpaired) electrons. The molecule has 1 saturated carbocycles. The van der Waals surface area contributed by atoms with E-state index in [2.05, 4.69) is 38.8 Å². The van der Waals surface area contributed by atoms with Crippen LogP contribution in [-0.4, -0.2) is 45.2 Å². The van der Waals surface area contributed by atoms with Gasteiger partial charge >= 0.3 is 0 Å². The van der Waals surface area contributed by atoms with Crippen molar-refractivity contribution in [3.8, 4) is 0 Å². The number of carbonyl (C=O) groups excluding carboxylic acids is 1. The Hall–Kier alpha value is -1.43. The molecule has 3 heterocycles. The zero-order chi connectivity index (χ0) is 18.1. The molecule has 1 aromatic heterocycles. The van der Waals surface area contributed by atoms with Gasteiger partial charge in [0.2, 0.25) is 5.91 Å². The van der Waals surface area contributed by atoms with E-state index in [9.17, 15) is 4.79 Å². The van der Waals surface area contributed by atoms with Crippen LogP contribution >= 0.6 is 0 Å². The van der Waals surface area contributed by atoms with Gasteiger partial charge in [0, 0.05) is 37.5 Å². The van der Waals surface area contributed by atoms with Crippen molar-refractivity contribution < 1.29 is 4.79 Å². The van der Waals surface area contributed by atoms with Crippen LogP contribution in [0.3, 0.4) is 0 Å². The molecule has 2 aliphatic heterocycles. The molecule has 3 aliphatic rings. The van der Waals surface area contributed by atoms with Crippen LogP contribution in [0.15, 0.2) is 0 Å². The topological polar surface area (TPSA) is 63.1 Å². The zero-order valence-corrected chi connectivity index (χ0v) is 16.3. The number of rotatable bonds is 4. The number of nitrogens with zero attached hydrogens (tertiary/aromatic N) is 4. The van der Waals surface area contributed by atoms with Gasteiger partial charge in [0.15, 0.2) is 0 Å². The number of piperidine rings is 1. The molecule has 144 valence electrons. The van der Waals surface area contributed by atoms with Crippen LogP contribution in [0.1, 0.15) is 76.4 Å². The summed E-state index contributed by atoms with van der Waals surface area (Å²) in [5, 5.41) is 12.2. The summed E-state index contributed by atoms with van der Waals surface area (Å²) in [7, 11) is 0. The summed E-state index contributed by atoms with van der Waals surface area (Å²) < 4.78 is 2.30. The van der Waals surface area contributed by atoms with E-state index in [4.69, 9.17) is 0 Å². The number of aromatic nitrogens is 3. The molecular formula is C20H33N5O. The highest BCUT2D eigenvalue weighted by atomic mass is 16.2. The Morgan fingerprint density at radius 3 is 2.62 bits per heavy atom. The van der Waals surface area contributed by atoms with Crippen molar-refractivity contribution in [3.05, 3.63) is 11.6 Å². The smallest absolute Gasteiger partial charge is 0.228 e. The van der Waals surface area contributed by atoms with E-state index >= 15 is 0 Å². The predicted molar refractivity (Wildman–Crippen MR) is 101 cm³/mol. The van der Waals surface area contributed by atoms with Gasteiger partial charge in [0.1, 0.15) is 11.6 Å². The molecule has 6 nitrogen and oxygen atoms in total. The molecule has 1 amide bonds. The Morgan fingerprint density at radius 1 is 1.19 bits per heavy atom. The van der Waals surface area contributed by atoms with Gasteiger partial charge < -0.3 is 14.8 Å². The molecule has 0 aromatic carbocycles. The summed E-state index contributed by atoms with van der Waals surface area (Å²) >= 11 is 0. The van der Waals surface area contributed by atoms with Gasteiger partial charge in [-0.15, -0.1) is 10.2 Å². The molecule has 4 rings (SSSR count). The standard InChI is InChI=1S/C20H33N5O/c1-15(2)13-20(7-3-4-8-20)19(26)24-10-5-16(6-11-24)18-23-22-17-14-21-9-12-25(17)18/h15-16,21H,3-14H2,1-2H3. The predicted octanol–water partition coefficient (Wildman–Crippen LogP) is 2.69. The first-order valence-corrected chi connectivity index (χ1v) is 10.5. The van der Waals surface area contributed by atoms with Crippen LogP contribution < -0.4 is 5.32 Å². The van der Waals surface area contributed by atoms with E-state index in [0.29, 0.717) is 17.7 Å². The zero-order valence-electron chi connectivity index (χ0n) is 16.3. The van der Waals surface area contributed by atoms with Gasteiger partial charge in [0.05, 0.1) is 6.54 Å². The van der Waals surface area contributed by atoms with Crippen LogP contribution in [-0.2, 0) is 17.9 Å². The Balaban J connectivity index is 1.41. The van der Waals surface area contributed by atoms with Crippen molar-refractivity contribution in [2.75, 3.05) is 19.6 Å².